The molecule has 1 aromatic rings. The van der Waals surface area contributed by atoms with Gasteiger partial charge in [0.15, 0.2) is 0 Å². The number of nitrogens with zero attached hydrogens (tertiary/aromatic N) is 2. The number of rotatable bonds is 6. The molecule has 0 amide bonds. The first-order valence-corrected chi connectivity index (χ1v) is 6.95. The van der Waals surface area contributed by atoms with E-state index in [1.165, 1.54) is 12.8 Å². The predicted octanol–water partition coefficient (Wildman–Crippen LogP) is 2.34. The Hall–Kier alpha value is -0.930. The van der Waals surface area contributed by atoms with Crippen LogP contribution in [0.1, 0.15) is 38.1 Å². The maximum atomic E-state index is 6.42. The lowest BCUT2D eigenvalue weighted by atomic mass is 9.96. The summed E-state index contributed by atoms with van der Waals surface area (Å²) in [6, 6.07) is 6.21. The molecule has 1 fully saturated rings. The summed E-state index contributed by atoms with van der Waals surface area (Å²) in [7, 11) is 0. The quantitative estimate of drug-likeness (QED) is 0.839. The van der Waals surface area contributed by atoms with Gasteiger partial charge in [-0.25, -0.2) is 0 Å². The molecule has 1 aromatic heterocycles. The number of aryl methyl sites for hydroxylation is 1. The molecule has 2 rings (SSSR count). The number of hydrogen-bond donors (Lipinski definition) is 1. The fourth-order valence-corrected chi connectivity index (χ4v) is 2.55. The molecule has 1 atom stereocenters. The third-order valence-corrected chi connectivity index (χ3v) is 3.85. The molecular formula is C15H25N3. The van der Waals surface area contributed by atoms with Crippen LogP contribution < -0.4 is 5.73 Å². The predicted molar refractivity (Wildman–Crippen MR) is 75.2 cm³/mol. The Morgan fingerprint density at radius 3 is 2.72 bits per heavy atom. The maximum absolute atomic E-state index is 6.42. The molecule has 1 aliphatic rings. The van der Waals surface area contributed by atoms with E-state index in [0.29, 0.717) is 0 Å². The molecule has 0 aliphatic heterocycles. The first-order chi connectivity index (χ1) is 8.51. The lowest BCUT2D eigenvalue weighted by molar-refractivity contribution is 0.201. The van der Waals surface area contributed by atoms with E-state index in [0.717, 1.165) is 36.9 Å². The second kappa shape index (κ2) is 5.37. The monoisotopic (exact) mass is 247 g/mol. The van der Waals surface area contributed by atoms with E-state index in [4.69, 9.17) is 5.73 Å². The van der Waals surface area contributed by atoms with Crippen LogP contribution in [0.4, 0.5) is 0 Å². The van der Waals surface area contributed by atoms with Crippen molar-refractivity contribution in [1.82, 2.24) is 9.88 Å². The zero-order chi connectivity index (χ0) is 13.2. The van der Waals surface area contributed by atoms with Crippen LogP contribution in [-0.4, -0.2) is 28.5 Å². The molecule has 2 N–H and O–H groups in total. The smallest absolute Gasteiger partial charge is 0.0547 e. The van der Waals surface area contributed by atoms with Crippen LogP contribution in [0.5, 0.6) is 0 Å². The first kappa shape index (κ1) is 13.5. The largest absolute Gasteiger partial charge is 0.324 e. The first-order valence-electron chi connectivity index (χ1n) is 6.95. The van der Waals surface area contributed by atoms with Crippen LogP contribution in [0.25, 0.3) is 0 Å². The van der Waals surface area contributed by atoms with Gasteiger partial charge < -0.3 is 5.73 Å². The molecule has 0 bridgehead atoms. The van der Waals surface area contributed by atoms with E-state index in [1.807, 2.05) is 13.0 Å². The van der Waals surface area contributed by atoms with Crippen molar-refractivity contribution in [1.29, 1.82) is 0 Å². The minimum Gasteiger partial charge on any atom is -0.324 e. The van der Waals surface area contributed by atoms with Gasteiger partial charge in [-0.3, -0.25) is 9.88 Å². The van der Waals surface area contributed by atoms with Crippen molar-refractivity contribution in [3.8, 4) is 0 Å². The van der Waals surface area contributed by atoms with Gasteiger partial charge in [0.1, 0.15) is 0 Å². The average molecular weight is 247 g/mol. The average Bonchev–Trinajstić information content (AvgIpc) is 3.12. The normalized spacial score (nSPS) is 18.9. The summed E-state index contributed by atoms with van der Waals surface area (Å²) < 4.78 is 0. The highest BCUT2D eigenvalue weighted by Crippen LogP contribution is 2.38. The summed E-state index contributed by atoms with van der Waals surface area (Å²) in [6.07, 6.45) is 2.60. The molecule has 0 spiro atoms. The Morgan fingerprint density at radius 1 is 1.44 bits per heavy atom. The zero-order valence-electron chi connectivity index (χ0n) is 11.8. The molecule has 3 nitrogen and oxygen atoms in total. The molecule has 0 radical (unpaired) electrons. The number of likely N-dealkylation sites (N-methyl/N-ethyl adjacent to an activating group) is 1. The highest BCUT2D eigenvalue weighted by molar-refractivity contribution is 5.10. The summed E-state index contributed by atoms with van der Waals surface area (Å²) in [5, 5.41) is 0. The Bertz CT molecular complexity index is 396. The lowest BCUT2D eigenvalue weighted by Crippen LogP contribution is -2.49. The molecule has 100 valence electrons. The van der Waals surface area contributed by atoms with Crippen molar-refractivity contribution >= 4 is 0 Å². The minimum absolute atomic E-state index is 0.0418. The van der Waals surface area contributed by atoms with Gasteiger partial charge in [-0.15, -0.1) is 0 Å². The fourth-order valence-electron chi connectivity index (χ4n) is 2.55. The molecule has 18 heavy (non-hydrogen) atoms. The van der Waals surface area contributed by atoms with Crippen LogP contribution >= 0.6 is 0 Å². The molecule has 1 unspecified atom stereocenters. The topological polar surface area (TPSA) is 42.2 Å². The second-order valence-corrected chi connectivity index (χ2v) is 5.85. The third-order valence-electron chi connectivity index (χ3n) is 3.85. The molecule has 1 aliphatic carbocycles. The van der Waals surface area contributed by atoms with E-state index >= 15 is 0 Å². The minimum atomic E-state index is -0.0418. The van der Waals surface area contributed by atoms with Crippen LogP contribution in [-0.2, 0) is 6.54 Å². The lowest BCUT2D eigenvalue weighted by Gasteiger charge is -2.32. The van der Waals surface area contributed by atoms with Crippen LogP contribution in [0.15, 0.2) is 18.2 Å². The van der Waals surface area contributed by atoms with E-state index in [-0.39, 0.29) is 5.54 Å². The Balaban J connectivity index is 1.96. The summed E-state index contributed by atoms with van der Waals surface area (Å²) in [6.45, 7) is 9.31. The Labute approximate surface area is 110 Å². The number of pyridine rings is 1. The van der Waals surface area contributed by atoms with E-state index in [1.54, 1.807) is 0 Å². The molecule has 3 heteroatoms. The Kier molecular flexibility index (Phi) is 4.03. The second-order valence-electron chi connectivity index (χ2n) is 5.85. The van der Waals surface area contributed by atoms with E-state index < -0.39 is 0 Å². The van der Waals surface area contributed by atoms with Crippen LogP contribution in [0.3, 0.4) is 0 Å². The molecule has 1 heterocycles. The van der Waals surface area contributed by atoms with E-state index in [9.17, 15) is 0 Å². The van der Waals surface area contributed by atoms with Crippen molar-refractivity contribution < 1.29 is 0 Å². The van der Waals surface area contributed by atoms with Crippen molar-refractivity contribution in [3.05, 3.63) is 29.6 Å². The number of aromatic nitrogens is 1. The van der Waals surface area contributed by atoms with Gasteiger partial charge in [-0.2, -0.15) is 0 Å². The van der Waals surface area contributed by atoms with Gasteiger partial charge in [-0.05, 0) is 51.3 Å². The van der Waals surface area contributed by atoms with Gasteiger partial charge in [0.2, 0.25) is 0 Å². The zero-order valence-corrected chi connectivity index (χ0v) is 11.8. The van der Waals surface area contributed by atoms with Gasteiger partial charge >= 0.3 is 0 Å². The summed E-state index contributed by atoms with van der Waals surface area (Å²) in [5.41, 5.74) is 8.60. The SMILES string of the molecule is CCN(Cc1cccc(C)n1)CC(C)(N)C1CC1. The summed E-state index contributed by atoms with van der Waals surface area (Å²) >= 11 is 0. The molecule has 0 saturated heterocycles. The summed E-state index contributed by atoms with van der Waals surface area (Å²) in [4.78, 5) is 6.97. The van der Waals surface area contributed by atoms with Crippen molar-refractivity contribution in [2.24, 2.45) is 11.7 Å². The fraction of sp³-hybridized carbons (Fsp3) is 0.667. The van der Waals surface area contributed by atoms with Gasteiger partial charge in [0.25, 0.3) is 0 Å². The van der Waals surface area contributed by atoms with Gasteiger partial charge in [0, 0.05) is 24.3 Å². The van der Waals surface area contributed by atoms with Crippen LogP contribution in [0, 0.1) is 12.8 Å². The van der Waals surface area contributed by atoms with Crippen molar-refractivity contribution in [2.45, 2.75) is 45.7 Å². The van der Waals surface area contributed by atoms with Crippen LogP contribution in [0.2, 0.25) is 0 Å². The molecular weight excluding hydrogens is 222 g/mol. The number of hydrogen-bond acceptors (Lipinski definition) is 3. The summed E-state index contributed by atoms with van der Waals surface area (Å²) in [5.74, 6) is 0.719. The molecule has 1 saturated carbocycles. The van der Waals surface area contributed by atoms with Gasteiger partial charge in [0.05, 0.1) is 5.69 Å². The van der Waals surface area contributed by atoms with Crippen molar-refractivity contribution in [2.75, 3.05) is 13.1 Å². The Morgan fingerprint density at radius 2 is 2.17 bits per heavy atom. The third kappa shape index (κ3) is 3.53. The van der Waals surface area contributed by atoms with E-state index in [2.05, 4.69) is 35.9 Å². The highest BCUT2D eigenvalue weighted by atomic mass is 15.1. The standard InChI is InChI=1S/C15H25N3/c1-4-18(11-15(3,16)13-8-9-13)10-14-7-5-6-12(2)17-14/h5-7,13H,4,8-11,16H2,1-3H3. The highest BCUT2D eigenvalue weighted by Gasteiger charge is 2.39. The van der Waals surface area contributed by atoms with Gasteiger partial charge in [-0.1, -0.05) is 13.0 Å². The molecule has 0 aromatic carbocycles. The van der Waals surface area contributed by atoms with Crippen molar-refractivity contribution in [3.63, 3.8) is 0 Å². The maximum Gasteiger partial charge on any atom is 0.0547 e. The number of nitrogens with two attached hydrogens (primary N) is 1.